The molecule has 86 valence electrons. The molecule has 1 heterocycles. The third-order valence-electron chi connectivity index (χ3n) is 2.84. The Kier molecular flexibility index (Phi) is 3.05. The summed E-state index contributed by atoms with van der Waals surface area (Å²) < 4.78 is 0.348. The minimum Gasteiger partial charge on any atom is -0.478 e. The van der Waals surface area contributed by atoms with Gasteiger partial charge in [0.15, 0.2) is 0 Å². The highest BCUT2D eigenvalue weighted by Crippen LogP contribution is 2.46. The van der Waals surface area contributed by atoms with Crippen LogP contribution in [0.2, 0.25) is 0 Å². The van der Waals surface area contributed by atoms with Crippen molar-refractivity contribution in [2.75, 3.05) is 18.1 Å². The number of aromatic carboxylic acids is 1. The Morgan fingerprint density at radius 2 is 2.44 bits per heavy atom. The van der Waals surface area contributed by atoms with Crippen molar-refractivity contribution in [3.8, 4) is 0 Å². The number of anilines is 1. The predicted molar refractivity (Wildman–Crippen MR) is 65.2 cm³/mol. The molecule has 1 fully saturated rings. The first-order valence-corrected chi connectivity index (χ1v) is 6.36. The summed E-state index contributed by atoms with van der Waals surface area (Å²) in [4.78, 5) is 14.9. The van der Waals surface area contributed by atoms with Gasteiger partial charge in [-0.15, -0.1) is 0 Å². The summed E-state index contributed by atoms with van der Waals surface area (Å²) in [5.41, 5.74) is 0.270. The van der Waals surface area contributed by atoms with Crippen LogP contribution in [0.5, 0.6) is 0 Å². The molecule has 4 nitrogen and oxygen atoms in total. The number of carboxylic acid groups (broad SMARTS) is 1. The average molecular weight is 238 g/mol. The standard InChI is InChI=1S/C11H14N2O2S/c1-16-11(3-4-11)7-13-9-6-8(10(14)15)2-5-12-9/h2,5-6H,3-4,7H2,1H3,(H,12,13)(H,14,15). The third kappa shape index (κ3) is 2.47. The van der Waals surface area contributed by atoms with Crippen molar-refractivity contribution in [3.05, 3.63) is 23.9 Å². The minimum absolute atomic E-state index is 0.270. The summed E-state index contributed by atoms with van der Waals surface area (Å²) >= 11 is 1.86. The summed E-state index contributed by atoms with van der Waals surface area (Å²) in [7, 11) is 0. The van der Waals surface area contributed by atoms with Crippen LogP contribution in [0.3, 0.4) is 0 Å². The molecule has 2 rings (SSSR count). The summed E-state index contributed by atoms with van der Waals surface area (Å²) in [5, 5.41) is 12.0. The van der Waals surface area contributed by atoms with E-state index in [2.05, 4.69) is 16.6 Å². The first-order chi connectivity index (χ1) is 7.65. The number of aromatic nitrogens is 1. The van der Waals surface area contributed by atoms with Gasteiger partial charge in [-0.3, -0.25) is 0 Å². The average Bonchev–Trinajstić information content (AvgIpc) is 3.07. The molecular weight excluding hydrogens is 224 g/mol. The van der Waals surface area contributed by atoms with Crippen LogP contribution in [-0.2, 0) is 0 Å². The number of thioether (sulfide) groups is 1. The number of hydrogen-bond donors (Lipinski definition) is 2. The van der Waals surface area contributed by atoms with Crippen LogP contribution in [-0.4, -0.2) is 33.6 Å². The van der Waals surface area contributed by atoms with Gasteiger partial charge in [0, 0.05) is 17.5 Å². The molecule has 0 amide bonds. The van der Waals surface area contributed by atoms with Crippen LogP contribution >= 0.6 is 11.8 Å². The first kappa shape index (κ1) is 11.3. The highest BCUT2D eigenvalue weighted by atomic mass is 32.2. The highest BCUT2D eigenvalue weighted by molar-refractivity contribution is 8.00. The normalized spacial score (nSPS) is 16.8. The fourth-order valence-electron chi connectivity index (χ4n) is 1.50. The van der Waals surface area contributed by atoms with E-state index in [-0.39, 0.29) is 5.56 Å². The van der Waals surface area contributed by atoms with Crippen LogP contribution in [0.15, 0.2) is 18.3 Å². The van der Waals surface area contributed by atoms with E-state index in [0.717, 1.165) is 6.54 Å². The molecule has 5 heteroatoms. The number of hydrogen-bond acceptors (Lipinski definition) is 4. The number of pyridine rings is 1. The van der Waals surface area contributed by atoms with Gasteiger partial charge in [0.25, 0.3) is 0 Å². The SMILES string of the molecule is CSC1(CNc2cc(C(=O)O)ccn2)CC1. The van der Waals surface area contributed by atoms with Crippen LogP contribution in [0, 0.1) is 0 Å². The van der Waals surface area contributed by atoms with Crippen molar-refractivity contribution in [3.63, 3.8) is 0 Å². The molecule has 1 aliphatic rings. The fraction of sp³-hybridized carbons (Fsp3) is 0.455. The molecule has 16 heavy (non-hydrogen) atoms. The zero-order chi connectivity index (χ0) is 11.6. The van der Waals surface area contributed by atoms with Gasteiger partial charge in [-0.05, 0) is 31.2 Å². The molecule has 0 saturated heterocycles. The fourth-order valence-corrected chi connectivity index (χ4v) is 2.23. The van der Waals surface area contributed by atoms with E-state index in [9.17, 15) is 4.79 Å². The molecule has 0 aliphatic heterocycles. The van der Waals surface area contributed by atoms with Crippen molar-refractivity contribution >= 4 is 23.5 Å². The Labute approximate surface area is 98.5 Å². The van der Waals surface area contributed by atoms with Gasteiger partial charge >= 0.3 is 5.97 Å². The zero-order valence-electron chi connectivity index (χ0n) is 9.06. The van der Waals surface area contributed by atoms with Crippen molar-refractivity contribution in [1.82, 2.24) is 4.98 Å². The molecule has 1 saturated carbocycles. The molecule has 0 unspecified atom stereocenters. The number of nitrogens with one attached hydrogen (secondary N) is 1. The smallest absolute Gasteiger partial charge is 0.335 e. The third-order valence-corrected chi connectivity index (χ3v) is 4.26. The van der Waals surface area contributed by atoms with Crippen LogP contribution in [0.1, 0.15) is 23.2 Å². The van der Waals surface area contributed by atoms with E-state index in [4.69, 9.17) is 5.11 Å². The summed E-state index contributed by atoms with van der Waals surface area (Å²) in [5.74, 6) is -0.281. The summed E-state index contributed by atoms with van der Waals surface area (Å²) in [6.07, 6.45) is 6.07. The Hall–Kier alpha value is -1.23. The molecule has 1 aromatic heterocycles. The molecular formula is C11H14N2O2S. The Balaban J connectivity index is 1.99. The molecule has 1 aliphatic carbocycles. The topological polar surface area (TPSA) is 62.2 Å². The first-order valence-electron chi connectivity index (χ1n) is 5.14. The van der Waals surface area contributed by atoms with Crippen LogP contribution < -0.4 is 5.32 Å². The Morgan fingerprint density at radius 3 is 3.00 bits per heavy atom. The maximum Gasteiger partial charge on any atom is 0.335 e. The molecule has 0 radical (unpaired) electrons. The van der Waals surface area contributed by atoms with Gasteiger partial charge in [-0.25, -0.2) is 9.78 Å². The lowest BCUT2D eigenvalue weighted by Gasteiger charge is -2.13. The lowest BCUT2D eigenvalue weighted by molar-refractivity contribution is 0.0697. The maximum absolute atomic E-state index is 10.8. The van der Waals surface area contributed by atoms with Crippen molar-refractivity contribution < 1.29 is 9.90 Å². The van der Waals surface area contributed by atoms with E-state index in [0.29, 0.717) is 10.6 Å². The van der Waals surface area contributed by atoms with Crippen LogP contribution in [0.4, 0.5) is 5.82 Å². The molecule has 0 spiro atoms. The van der Waals surface area contributed by atoms with Gasteiger partial charge in [0.05, 0.1) is 5.56 Å². The molecule has 1 aromatic rings. The monoisotopic (exact) mass is 238 g/mol. The van der Waals surface area contributed by atoms with Gasteiger partial charge in [-0.2, -0.15) is 11.8 Å². The number of carboxylic acids is 1. The van der Waals surface area contributed by atoms with Gasteiger partial charge in [-0.1, -0.05) is 0 Å². The largest absolute Gasteiger partial charge is 0.478 e. The lowest BCUT2D eigenvalue weighted by atomic mass is 10.2. The Bertz CT molecular complexity index is 405. The van der Waals surface area contributed by atoms with Crippen molar-refractivity contribution in [1.29, 1.82) is 0 Å². The number of carbonyl (C=O) groups is 1. The quantitative estimate of drug-likeness (QED) is 0.822. The van der Waals surface area contributed by atoms with Crippen molar-refractivity contribution in [2.45, 2.75) is 17.6 Å². The van der Waals surface area contributed by atoms with E-state index < -0.39 is 5.97 Å². The number of rotatable bonds is 5. The summed E-state index contributed by atoms with van der Waals surface area (Å²) in [6, 6.07) is 3.06. The van der Waals surface area contributed by atoms with Gasteiger partial charge < -0.3 is 10.4 Å². The van der Waals surface area contributed by atoms with E-state index >= 15 is 0 Å². The second-order valence-electron chi connectivity index (χ2n) is 3.98. The zero-order valence-corrected chi connectivity index (χ0v) is 9.88. The highest BCUT2D eigenvalue weighted by Gasteiger charge is 2.41. The van der Waals surface area contributed by atoms with Crippen molar-refractivity contribution in [2.24, 2.45) is 0 Å². The number of nitrogens with zero attached hydrogens (tertiary/aromatic N) is 1. The minimum atomic E-state index is -0.920. The second-order valence-corrected chi connectivity index (χ2v) is 5.25. The second kappa shape index (κ2) is 4.33. The molecule has 0 atom stereocenters. The van der Waals surface area contributed by atoms with E-state index in [1.54, 1.807) is 6.07 Å². The van der Waals surface area contributed by atoms with E-state index in [1.807, 2.05) is 11.8 Å². The molecule has 0 aromatic carbocycles. The Morgan fingerprint density at radius 1 is 1.69 bits per heavy atom. The maximum atomic E-state index is 10.8. The van der Waals surface area contributed by atoms with Gasteiger partial charge in [0.2, 0.25) is 0 Å². The summed E-state index contributed by atoms with van der Waals surface area (Å²) in [6.45, 7) is 0.851. The molecule has 0 bridgehead atoms. The van der Waals surface area contributed by atoms with Crippen LogP contribution in [0.25, 0.3) is 0 Å². The predicted octanol–water partition coefficient (Wildman–Crippen LogP) is 2.09. The molecule has 2 N–H and O–H groups in total. The van der Waals surface area contributed by atoms with E-state index in [1.165, 1.54) is 25.1 Å². The lowest BCUT2D eigenvalue weighted by Crippen LogP contribution is -2.18. The van der Waals surface area contributed by atoms with Gasteiger partial charge in [0.1, 0.15) is 5.82 Å².